The Kier molecular flexibility index (Phi) is 7.55. The highest BCUT2D eigenvalue weighted by Crippen LogP contribution is 2.55. The fraction of sp³-hybridized carbons (Fsp3) is 0.0833. The van der Waals surface area contributed by atoms with Gasteiger partial charge in [0, 0.05) is 105 Å². The maximum Gasteiger partial charge on any atom is 0.261 e. The summed E-state index contributed by atoms with van der Waals surface area (Å²) in [5, 5.41) is 9.26. The summed E-state index contributed by atoms with van der Waals surface area (Å²) in [5.74, 6) is -3.90. The summed E-state index contributed by atoms with van der Waals surface area (Å²) in [4.78, 5) is 121. The summed E-state index contributed by atoms with van der Waals surface area (Å²) in [6, 6.07) is 24.7. The summed E-state index contributed by atoms with van der Waals surface area (Å²) in [5.41, 5.74) is 6.34. The van der Waals surface area contributed by atoms with E-state index in [-0.39, 0.29) is 16.8 Å². The molecule has 0 saturated heterocycles. The Morgan fingerprint density at radius 1 is 0.342 bits per heavy atom. The molecule has 358 valence electrons. The van der Waals surface area contributed by atoms with Gasteiger partial charge in [-0.05, 0) is 137 Å². The van der Waals surface area contributed by atoms with Crippen LogP contribution in [-0.4, -0.2) is 104 Å². The second kappa shape index (κ2) is 13.5. The number of benzene rings is 11. The molecule has 16 rings (SSSR count). The smallest absolute Gasteiger partial charge is 0.261 e. The van der Waals surface area contributed by atoms with Gasteiger partial charge in [-0.25, -0.2) is 4.85 Å². The Bertz CT molecular complexity index is 5120. The molecule has 15 nitrogen and oxygen atoms in total. The topological polar surface area (TPSA) is 180 Å². The summed E-state index contributed by atoms with van der Waals surface area (Å²) in [7, 11) is 5.76. The number of imide groups is 4. The number of aromatic nitrogens is 2. The van der Waals surface area contributed by atoms with Gasteiger partial charge < -0.3 is 0 Å². The molecule has 12 aromatic rings. The molecule has 0 spiro atoms. The Labute approximate surface area is 430 Å². The van der Waals surface area contributed by atoms with Crippen molar-refractivity contribution in [2.24, 2.45) is 0 Å². The molecule has 76 heavy (non-hydrogen) atoms. The van der Waals surface area contributed by atoms with Crippen molar-refractivity contribution in [1.82, 2.24) is 28.3 Å². The molecule has 0 atom stereocenters. The lowest BCUT2D eigenvalue weighted by atomic mass is 9.78. The van der Waals surface area contributed by atoms with E-state index in [0.29, 0.717) is 142 Å². The van der Waals surface area contributed by atoms with E-state index < -0.39 is 47.3 Å². The number of aryl methyl sites for hydroxylation is 1. The third-order valence-corrected chi connectivity index (χ3v) is 17.3. The predicted octanol–water partition coefficient (Wildman–Crippen LogP) is 10.9. The number of rotatable bonds is 2. The highest BCUT2D eigenvalue weighted by molar-refractivity contribution is 7.00. The zero-order valence-corrected chi connectivity index (χ0v) is 41.2. The van der Waals surface area contributed by atoms with Gasteiger partial charge in [0.05, 0.1) is 18.3 Å². The van der Waals surface area contributed by atoms with Gasteiger partial charge in [-0.3, -0.25) is 58.0 Å². The first kappa shape index (κ1) is 42.4. The molecule has 11 aromatic carbocycles. The van der Waals surface area contributed by atoms with Crippen molar-refractivity contribution in [1.29, 1.82) is 0 Å². The zero-order valence-electron chi connectivity index (χ0n) is 40.4. The van der Waals surface area contributed by atoms with Crippen molar-refractivity contribution in [2.75, 3.05) is 28.2 Å². The molecule has 0 bridgehead atoms. The van der Waals surface area contributed by atoms with E-state index in [4.69, 9.17) is 15.3 Å². The van der Waals surface area contributed by atoms with Gasteiger partial charge in [0.2, 0.25) is 0 Å². The van der Waals surface area contributed by atoms with Crippen LogP contribution in [0.1, 0.15) is 88.4 Å². The number of fused-ring (bicyclic) bond motifs is 5. The Hall–Kier alpha value is -10.1. The molecule has 4 aliphatic heterocycles. The van der Waals surface area contributed by atoms with Gasteiger partial charge >= 0.3 is 0 Å². The largest absolute Gasteiger partial charge is 0.278 e. The van der Waals surface area contributed by atoms with Crippen LogP contribution in [0.25, 0.3) is 124 Å². The van der Waals surface area contributed by atoms with Crippen LogP contribution in [-0.2, 0) is 0 Å². The van der Waals surface area contributed by atoms with Crippen LogP contribution in [0, 0.1) is 13.5 Å². The highest BCUT2D eigenvalue weighted by atomic mass is 32.1. The first-order chi connectivity index (χ1) is 36.6. The van der Waals surface area contributed by atoms with E-state index in [2.05, 4.69) is 4.85 Å². The second-order valence-electron chi connectivity index (χ2n) is 20.2. The number of carbonyl (C=O) groups excluding carboxylic acids is 8. The zero-order chi connectivity index (χ0) is 52.1. The highest BCUT2D eigenvalue weighted by Gasteiger charge is 2.40. The molecular weight excluding hydrogens is 979 g/mol. The molecule has 0 unspecified atom stereocenters. The molecule has 8 amide bonds. The van der Waals surface area contributed by atoms with Crippen LogP contribution < -0.4 is 0 Å². The van der Waals surface area contributed by atoms with E-state index in [1.54, 1.807) is 48.5 Å². The second-order valence-corrected chi connectivity index (χ2v) is 20.7. The number of nitrogens with zero attached hydrogens (tertiary/aromatic N) is 7. The van der Waals surface area contributed by atoms with Crippen LogP contribution in [0.4, 0.5) is 5.69 Å². The Balaban J connectivity index is 1.07. The van der Waals surface area contributed by atoms with Crippen molar-refractivity contribution in [2.45, 2.75) is 6.92 Å². The third-order valence-electron chi connectivity index (χ3n) is 16.8. The van der Waals surface area contributed by atoms with E-state index >= 15 is 0 Å². The predicted molar refractivity (Wildman–Crippen MR) is 287 cm³/mol. The average Bonchev–Trinajstić information content (AvgIpc) is 3.94. The standard InChI is InChI=1S/C60H29N7O8S/c1-21-17-34-46-35(58(73)66(5)57(34)72)18-32(42-25-10-14-29-44-28(53(68)64(3)54(29)69)13-9-24(40(25)44)39(21)49(42)46)22-7-8-23(52-51(22)62-76-63-52)33-19-36-47-37(60(75)67(6)59(36)74)20-38(61-2)48-27-12-16-31-45-30(55(70)65(4)56(31)71)15-11-26(41(27)45)43(33)50(47)48/h7-20H,1,3-6H3. The third kappa shape index (κ3) is 4.58. The summed E-state index contributed by atoms with van der Waals surface area (Å²) in [6.07, 6.45) is 0. The van der Waals surface area contributed by atoms with Crippen molar-refractivity contribution < 1.29 is 38.4 Å². The minimum Gasteiger partial charge on any atom is -0.278 e. The van der Waals surface area contributed by atoms with Crippen LogP contribution in [0.15, 0.2) is 84.9 Å². The van der Waals surface area contributed by atoms with Crippen molar-refractivity contribution in [3.8, 4) is 22.3 Å². The minimum absolute atomic E-state index is 0.146. The van der Waals surface area contributed by atoms with Crippen LogP contribution in [0.3, 0.4) is 0 Å². The molecule has 0 radical (unpaired) electrons. The van der Waals surface area contributed by atoms with Gasteiger partial charge in [0.25, 0.3) is 47.3 Å². The van der Waals surface area contributed by atoms with Crippen LogP contribution in [0.5, 0.6) is 0 Å². The van der Waals surface area contributed by atoms with E-state index in [1.165, 1.54) is 34.3 Å². The summed E-state index contributed by atoms with van der Waals surface area (Å²) in [6.45, 7) is 10.4. The number of hydrogen-bond acceptors (Lipinski definition) is 11. The molecule has 16 heteroatoms. The van der Waals surface area contributed by atoms with Crippen LogP contribution >= 0.6 is 11.7 Å². The number of amides is 8. The normalized spacial score (nSPS) is 15.5. The quantitative estimate of drug-likeness (QED) is 0.0700. The maximum atomic E-state index is 14.5. The molecule has 0 N–H and O–H groups in total. The summed E-state index contributed by atoms with van der Waals surface area (Å²) < 4.78 is 9.93. The summed E-state index contributed by atoms with van der Waals surface area (Å²) >= 11 is 0.955. The van der Waals surface area contributed by atoms with E-state index in [0.717, 1.165) is 47.7 Å². The lowest BCUT2D eigenvalue weighted by Gasteiger charge is -2.30. The van der Waals surface area contributed by atoms with Gasteiger partial charge in [0.15, 0.2) is 5.69 Å². The molecular formula is C60H29N7O8S. The van der Waals surface area contributed by atoms with Gasteiger partial charge in [-0.15, -0.1) is 0 Å². The van der Waals surface area contributed by atoms with E-state index in [1.807, 2.05) is 37.3 Å². The Morgan fingerprint density at radius 3 is 1.07 bits per heavy atom. The molecule has 0 saturated carbocycles. The van der Waals surface area contributed by atoms with Crippen molar-refractivity contribution in [3.63, 3.8) is 0 Å². The minimum atomic E-state index is -0.565. The first-order valence-corrected chi connectivity index (χ1v) is 24.8. The maximum absolute atomic E-state index is 14.5. The fourth-order valence-corrected chi connectivity index (χ4v) is 14.0. The molecule has 5 heterocycles. The van der Waals surface area contributed by atoms with Crippen molar-refractivity contribution >= 4 is 162 Å². The Morgan fingerprint density at radius 2 is 0.658 bits per heavy atom. The number of carbonyl (C=O) groups is 8. The first-order valence-electron chi connectivity index (χ1n) is 24.1. The lowest BCUT2D eigenvalue weighted by Crippen LogP contribution is -2.37. The number of hydrogen-bond donors (Lipinski definition) is 0. The fourth-order valence-electron chi connectivity index (χ4n) is 13.4. The molecule has 1 aromatic heterocycles. The lowest BCUT2D eigenvalue weighted by molar-refractivity contribution is 0.0635. The van der Waals surface area contributed by atoms with Crippen LogP contribution in [0.2, 0.25) is 0 Å². The van der Waals surface area contributed by atoms with Gasteiger partial charge in [0.1, 0.15) is 11.0 Å². The molecule has 0 fully saturated rings. The van der Waals surface area contributed by atoms with Gasteiger partial charge in [-0.2, -0.15) is 8.75 Å². The molecule has 4 aliphatic rings. The average molecular weight is 1010 g/mol. The van der Waals surface area contributed by atoms with Gasteiger partial charge in [-0.1, -0.05) is 36.4 Å². The SMILES string of the molecule is [C-]#[N+]c1cc2c3c(cc(-c4ccc(-c5cc6c7c(cc(C)c8c9ccc%10c%11c(ccc(c5c78)c%119)C(=O)N(C)C%10=O)C(=O)N(C)C6=O)c5nsnc45)c4c5ccc6c7c(ccc(c1c34)c75)C(=O)N(C)C6=O)C(=O)N(C)C2=O. The molecule has 0 aliphatic carbocycles. The van der Waals surface area contributed by atoms with E-state index in [9.17, 15) is 38.4 Å². The monoisotopic (exact) mass is 1010 g/mol. The van der Waals surface area contributed by atoms with Crippen molar-refractivity contribution in [3.05, 3.63) is 146 Å².